The number of rotatable bonds is 10. The molecular weight excluding hydrogens is 489 g/mol. The Hall–Kier alpha value is -4.47. The van der Waals surface area contributed by atoms with E-state index in [-0.39, 0.29) is 18.2 Å². The molecule has 10 heteroatoms. The first-order valence-electron chi connectivity index (χ1n) is 12.3. The van der Waals surface area contributed by atoms with Crippen molar-refractivity contribution in [1.29, 1.82) is 0 Å². The van der Waals surface area contributed by atoms with Gasteiger partial charge in [0.1, 0.15) is 6.04 Å². The van der Waals surface area contributed by atoms with Crippen LogP contribution in [0, 0.1) is 12.7 Å². The van der Waals surface area contributed by atoms with Crippen LogP contribution in [0.3, 0.4) is 0 Å². The summed E-state index contributed by atoms with van der Waals surface area (Å²) in [6, 6.07) is 10.3. The Morgan fingerprint density at radius 2 is 1.92 bits per heavy atom. The lowest BCUT2D eigenvalue weighted by molar-refractivity contribution is -0.137. The van der Waals surface area contributed by atoms with Gasteiger partial charge in [-0.2, -0.15) is 5.10 Å². The van der Waals surface area contributed by atoms with Gasteiger partial charge in [0.15, 0.2) is 5.82 Å². The van der Waals surface area contributed by atoms with Crippen molar-refractivity contribution in [3.05, 3.63) is 83.1 Å². The molecule has 0 unspecified atom stereocenters. The zero-order chi connectivity index (χ0) is 27.4. The summed E-state index contributed by atoms with van der Waals surface area (Å²) in [6.45, 7) is 4.04. The summed E-state index contributed by atoms with van der Waals surface area (Å²) in [5.74, 6) is -1.80. The van der Waals surface area contributed by atoms with Gasteiger partial charge in [-0.15, -0.1) is 0 Å². The lowest BCUT2D eigenvalue weighted by Crippen LogP contribution is -2.24. The number of hydrogen-bond donors (Lipinski definition) is 3. The molecule has 0 spiro atoms. The minimum absolute atomic E-state index is 0.0143. The number of aromatic nitrogens is 3. The second-order valence-electron chi connectivity index (χ2n) is 9.29. The van der Waals surface area contributed by atoms with Crippen LogP contribution >= 0.6 is 0 Å². The number of hydrogen-bond acceptors (Lipinski definition) is 4. The van der Waals surface area contributed by atoms with E-state index in [2.05, 4.69) is 15.7 Å². The number of amides is 2. The normalized spacial score (nSPS) is 11.9. The van der Waals surface area contributed by atoms with Gasteiger partial charge in [0.2, 0.25) is 5.91 Å². The summed E-state index contributed by atoms with van der Waals surface area (Å²) < 4.78 is 16.7. The first kappa shape index (κ1) is 26.6. The molecular formula is C28H30FN5O4. The second kappa shape index (κ2) is 11.3. The molecule has 4 rings (SSSR count). The highest BCUT2D eigenvalue weighted by atomic mass is 19.1. The van der Waals surface area contributed by atoms with Gasteiger partial charge < -0.3 is 20.3 Å². The average Bonchev–Trinajstić information content (AvgIpc) is 3.45. The number of carboxylic acid groups (broad SMARTS) is 1. The highest BCUT2D eigenvalue weighted by molar-refractivity contribution is 6.00. The van der Waals surface area contributed by atoms with Crippen molar-refractivity contribution >= 4 is 34.4 Å². The zero-order valence-electron chi connectivity index (χ0n) is 21.5. The first-order chi connectivity index (χ1) is 18.2. The Kier molecular flexibility index (Phi) is 7.90. The van der Waals surface area contributed by atoms with Gasteiger partial charge >= 0.3 is 5.97 Å². The molecule has 0 saturated heterocycles. The Bertz CT molecular complexity index is 1510. The molecule has 2 aromatic heterocycles. The van der Waals surface area contributed by atoms with E-state index in [9.17, 15) is 18.8 Å². The van der Waals surface area contributed by atoms with E-state index in [0.717, 1.165) is 33.8 Å². The van der Waals surface area contributed by atoms with Crippen LogP contribution in [0.25, 0.3) is 10.9 Å². The number of aryl methyl sites for hydroxylation is 2. The zero-order valence-corrected chi connectivity index (χ0v) is 21.5. The molecule has 198 valence electrons. The molecule has 0 saturated carbocycles. The SMILES string of the molecule is CNC(=O)c1ccc2c(C)cn([C@H](C)C(=O)Nc3cc(Cn4cc(F)cn4)ccc3CCCC(=O)O)c2c1. The highest BCUT2D eigenvalue weighted by Crippen LogP contribution is 2.27. The van der Waals surface area contributed by atoms with E-state index < -0.39 is 17.8 Å². The maximum atomic E-state index is 13.5. The Morgan fingerprint density at radius 1 is 1.13 bits per heavy atom. The van der Waals surface area contributed by atoms with Crippen molar-refractivity contribution < 1.29 is 23.9 Å². The standard InChI is InChI=1S/C28H30FN5O4/c1-17-14-34(25-12-21(28(38)30-3)9-10-23(17)25)18(2)27(37)32-24-11-19(15-33-16-22(29)13-31-33)7-8-20(24)5-4-6-26(35)36/h7-14,16,18H,4-6,15H2,1-3H3,(H,30,38)(H,32,37)(H,35,36)/t18-/m1/s1. The van der Waals surface area contributed by atoms with E-state index in [1.54, 1.807) is 26.1 Å². The largest absolute Gasteiger partial charge is 0.481 e. The van der Waals surface area contributed by atoms with Crippen molar-refractivity contribution in [2.75, 3.05) is 12.4 Å². The minimum atomic E-state index is -0.882. The second-order valence-corrected chi connectivity index (χ2v) is 9.29. The number of fused-ring (bicyclic) bond motifs is 1. The van der Waals surface area contributed by atoms with Crippen molar-refractivity contribution in [3.8, 4) is 0 Å². The summed E-state index contributed by atoms with van der Waals surface area (Å²) in [7, 11) is 1.57. The van der Waals surface area contributed by atoms with Gasteiger partial charge in [-0.3, -0.25) is 19.1 Å². The number of anilines is 1. The maximum Gasteiger partial charge on any atom is 0.303 e. The Morgan fingerprint density at radius 3 is 2.61 bits per heavy atom. The predicted octanol–water partition coefficient (Wildman–Crippen LogP) is 4.30. The number of benzene rings is 2. The highest BCUT2D eigenvalue weighted by Gasteiger charge is 2.20. The van der Waals surface area contributed by atoms with Gasteiger partial charge in [0.25, 0.3) is 5.91 Å². The van der Waals surface area contributed by atoms with Gasteiger partial charge in [0.05, 0.1) is 18.9 Å². The number of aliphatic carboxylic acids is 1. The van der Waals surface area contributed by atoms with Gasteiger partial charge in [0, 0.05) is 41.8 Å². The van der Waals surface area contributed by atoms with Crippen LogP contribution in [-0.2, 0) is 22.6 Å². The topological polar surface area (TPSA) is 118 Å². The van der Waals surface area contributed by atoms with Crippen molar-refractivity contribution in [3.63, 3.8) is 0 Å². The van der Waals surface area contributed by atoms with E-state index in [4.69, 9.17) is 5.11 Å². The molecule has 0 aliphatic rings. The summed E-state index contributed by atoms with van der Waals surface area (Å²) in [6.07, 6.45) is 5.20. The van der Waals surface area contributed by atoms with Crippen LogP contribution in [-0.4, -0.2) is 44.3 Å². The lowest BCUT2D eigenvalue weighted by atomic mass is 10.0. The summed E-state index contributed by atoms with van der Waals surface area (Å²) in [5.41, 5.74) is 4.41. The predicted molar refractivity (Wildman–Crippen MR) is 142 cm³/mol. The van der Waals surface area contributed by atoms with Crippen LogP contribution in [0.2, 0.25) is 0 Å². The first-order valence-corrected chi connectivity index (χ1v) is 12.3. The third-order valence-electron chi connectivity index (χ3n) is 6.53. The van der Waals surface area contributed by atoms with Crippen LogP contribution in [0.15, 0.2) is 55.0 Å². The number of nitrogens with zero attached hydrogens (tertiary/aromatic N) is 3. The van der Waals surface area contributed by atoms with E-state index >= 15 is 0 Å². The Balaban J connectivity index is 1.62. The molecule has 0 radical (unpaired) electrons. The Labute approximate surface area is 219 Å². The van der Waals surface area contributed by atoms with Crippen LogP contribution in [0.1, 0.15) is 52.9 Å². The third-order valence-corrected chi connectivity index (χ3v) is 6.53. The van der Waals surface area contributed by atoms with Crippen LogP contribution < -0.4 is 10.6 Å². The molecule has 0 aliphatic carbocycles. The number of nitrogens with one attached hydrogen (secondary N) is 2. The summed E-state index contributed by atoms with van der Waals surface area (Å²) in [5, 5.41) is 19.6. The minimum Gasteiger partial charge on any atom is -0.481 e. The fourth-order valence-corrected chi connectivity index (χ4v) is 4.49. The van der Waals surface area contributed by atoms with Gasteiger partial charge in [-0.1, -0.05) is 18.2 Å². The molecule has 3 N–H and O–H groups in total. The molecule has 0 aliphatic heterocycles. The molecule has 38 heavy (non-hydrogen) atoms. The van der Waals surface area contributed by atoms with Crippen molar-refractivity contribution in [2.24, 2.45) is 0 Å². The number of halogens is 1. The van der Waals surface area contributed by atoms with Crippen molar-refractivity contribution in [2.45, 2.75) is 45.7 Å². The maximum absolute atomic E-state index is 13.5. The molecule has 2 amide bonds. The fourth-order valence-electron chi connectivity index (χ4n) is 4.49. The fraction of sp³-hybridized carbons (Fsp3) is 0.286. The smallest absolute Gasteiger partial charge is 0.303 e. The summed E-state index contributed by atoms with van der Waals surface area (Å²) >= 11 is 0. The number of carbonyl (C=O) groups is 3. The van der Waals surface area contributed by atoms with E-state index in [1.807, 2.05) is 42.0 Å². The average molecular weight is 520 g/mol. The van der Waals surface area contributed by atoms with Crippen molar-refractivity contribution in [1.82, 2.24) is 19.7 Å². The molecule has 0 bridgehead atoms. The van der Waals surface area contributed by atoms with Gasteiger partial charge in [-0.25, -0.2) is 4.39 Å². The summed E-state index contributed by atoms with van der Waals surface area (Å²) in [4.78, 5) is 36.7. The van der Waals surface area contributed by atoms with Crippen LogP contribution in [0.5, 0.6) is 0 Å². The number of carboxylic acids is 1. The third kappa shape index (κ3) is 5.91. The van der Waals surface area contributed by atoms with Gasteiger partial charge in [-0.05, 0) is 61.6 Å². The monoisotopic (exact) mass is 519 g/mol. The number of carbonyl (C=O) groups excluding carboxylic acids is 2. The molecule has 2 aromatic carbocycles. The lowest BCUT2D eigenvalue weighted by Gasteiger charge is -2.18. The molecule has 1 atom stereocenters. The van der Waals surface area contributed by atoms with E-state index in [0.29, 0.717) is 30.6 Å². The molecule has 9 nitrogen and oxygen atoms in total. The molecule has 0 fully saturated rings. The quantitative estimate of drug-likeness (QED) is 0.289. The molecule has 4 aromatic rings. The molecule has 2 heterocycles. The van der Waals surface area contributed by atoms with E-state index in [1.165, 1.54) is 10.9 Å². The van der Waals surface area contributed by atoms with Crippen LogP contribution in [0.4, 0.5) is 10.1 Å².